The number of piperidine rings is 1. The van der Waals surface area contributed by atoms with E-state index in [1.54, 1.807) is 0 Å². The minimum atomic E-state index is -3.24. The van der Waals surface area contributed by atoms with E-state index in [1.165, 1.54) is 30.6 Å². The van der Waals surface area contributed by atoms with Crippen molar-refractivity contribution in [1.29, 1.82) is 0 Å². The molecule has 1 aliphatic carbocycles. The number of carbonyl (C=O) groups excluding carboxylic acids is 1. The first-order chi connectivity index (χ1) is 12.3. The highest BCUT2D eigenvalue weighted by Crippen LogP contribution is 2.31. The summed E-state index contributed by atoms with van der Waals surface area (Å²) in [5.41, 5.74) is 0. The molecule has 2 fully saturated rings. The Morgan fingerprint density at radius 3 is 2.73 bits per heavy atom. The molecule has 1 aromatic heterocycles. The summed E-state index contributed by atoms with van der Waals surface area (Å²) in [5.74, 6) is 2.18. The van der Waals surface area contributed by atoms with Crippen LogP contribution < -0.4 is 0 Å². The largest absolute Gasteiger partial charge is 0.342 e. The van der Waals surface area contributed by atoms with Crippen LogP contribution in [-0.4, -0.2) is 66.0 Å². The molecule has 3 rings (SSSR count). The third kappa shape index (κ3) is 4.65. The first-order valence-electron chi connectivity index (χ1n) is 9.54. The average molecular weight is 383 g/mol. The third-order valence-electron chi connectivity index (χ3n) is 5.77. The highest BCUT2D eigenvalue weighted by atomic mass is 32.2. The Hall–Kier alpha value is -1.41. The lowest BCUT2D eigenvalue weighted by Crippen LogP contribution is -2.41. The van der Waals surface area contributed by atoms with Crippen LogP contribution in [0.2, 0.25) is 0 Å². The van der Waals surface area contributed by atoms with E-state index in [9.17, 15) is 13.2 Å². The number of likely N-dealkylation sites (tertiary alicyclic amines) is 1. The minimum absolute atomic E-state index is 0.0299. The monoisotopic (exact) mass is 382 g/mol. The maximum absolute atomic E-state index is 12.5. The van der Waals surface area contributed by atoms with Gasteiger partial charge in [0.25, 0.3) is 0 Å². The molecule has 0 spiro atoms. The fraction of sp³-hybridized carbons (Fsp3) is 0.778. The average Bonchev–Trinajstić information content (AvgIpc) is 3.03. The molecular formula is C18H30N4O3S. The van der Waals surface area contributed by atoms with Gasteiger partial charge in [-0.25, -0.2) is 17.7 Å². The van der Waals surface area contributed by atoms with E-state index in [2.05, 4.69) is 15.7 Å². The molecule has 2 heterocycles. The number of aromatic nitrogens is 2. The van der Waals surface area contributed by atoms with E-state index in [4.69, 9.17) is 0 Å². The van der Waals surface area contributed by atoms with Crippen molar-refractivity contribution < 1.29 is 13.2 Å². The van der Waals surface area contributed by atoms with Crippen molar-refractivity contribution in [3.05, 3.63) is 18.2 Å². The smallest absolute Gasteiger partial charge is 0.223 e. The topological polar surface area (TPSA) is 75.5 Å². The van der Waals surface area contributed by atoms with Crippen LogP contribution in [0.4, 0.5) is 0 Å². The van der Waals surface area contributed by atoms with Gasteiger partial charge in [-0.15, -0.1) is 0 Å². The molecule has 1 saturated heterocycles. The number of hydrogen-bond donors (Lipinski definition) is 0. The van der Waals surface area contributed by atoms with Crippen LogP contribution in [0.15, 0.2) is 12.4 Å². The van der Waals surface area contributed by atoms with E-state index in [-0.39, 0.29) is 24.8 Å². The highest BCUT2D eigenvalue weighted by Gasteiger charge is 2.28. The normalized spacial score (nSPS) is 21.8. The summed E-state index contributed by atoms with van der Waals surface area (Å²) in [5, 5.41) is 0. The van der Waals surface area contributed by atoms with E-state index in [0.29, 0.717) is 6.54 Å². The van der Waals surface area contributed by atoms with Gasteiger partial charge < -0.3 is 9.47 Å². The molecule has 0 bridgehead atoms. The molecule has 0 aromatic carbocycles. The minimum Gasteiger partial charge on any atom is -0.342 e. The van der Waals surface area contributed by atoms with E-state index in [1.807, 2.05) is 11.1 Å². The zero-order valence-corrected chi connectivity index (χ0v) is 16.6. The van der Waals surface area contributed by atoms with Gasteiger partial charge in [0.05, 0.1) is 6.26 Å². The summed E-state index contributed by atoms with van der Waals surface area (Å²) < 4.78 is 26.5. The Labute approximate surface area is 156 Å². The summed E-state index contributed by atoms with van der Waals surface area (Å²) in [6, 6.07) is 0. The summed E-state index contributed by atoms with van der Waals surface area (Å²) in [7, 11) is -1.73. The summed E-state index contributed by atoms with van der Waals surface area (Å²) in [6.45, 7) is 2.71. The highest BCUT2D eigenvalue weighted by molar-refractivity contribution is 7.88. The van der Waals surface area contributed by atoms with Gasteiger partial charge in [-0.05, 0) is 31.6 Å². The molecular weight excluding hydrogens is 352 g/mol. The van der Waals surface area contributed by atoms with Crippen molar-refractivity contribution in [3.8, 4) is 0 Å². The standard InChI is InChI=1S/C18H30N4O3S/c1-20(26(2,24)25)11-8-17(23)21-10-4-7-16(14-21)18-19-9-12-22(18)13-15-5-3-6-15/h9,12,15-16H,3-8,10-11,13-14H2,1-2H3. The molecule has 7 nitrogen and oxygen atoms in total. The van der Waals surface area contributed by atoms with Crippen LogP contribution in [0.3, 0.4) is 0 Å². The fourth-order valence-corrected chi connectivity index (χ4v) is 4.20. The number of sulfonamides is 1. The van der Waals surface area contributed by atoms with E-state index in [0.717, 1.165) is 43.9 Å². The van der Waals surface area contributed by atoms with Gasteiger partial charge in [-0.1, -0.05) is 6.42 Å². The lowest BCUT2D eigenvalue weighted by molar-refractivity contribution is -0.132. The molecule has 26 heavy (non-hydrogen) atoms. The molecule has 8 heteroatoms. The van der Waals surface area contributed by atoms with Crippen molar-refractivity contribution in [3.63, 3.8) is 0 Å². The fourth-order valence-electron chi connectivity index (χ4n) is 3.78. The quantitative estimate of drug-likeness (QED) is 0.719. The third-order valence-corrected chi connectivity index (χ3v) is 7.09. The number of carbonyl (C=O) groups is 1. The first-order valence-corrected chi connectivity index (χ1v) is 11.4. The van der Waals surface area contributed by atoms with Crippen LogP contribution in [0.25, 0.3) is 0 Å². The Morgan fingerprint density at radius 2 is 2.08 bits per heavy atom. The molecule has 1 atom stereocenters. The summed E-state index contributed by atoms with van der Waals surface area (Å²) >= 11 is 0. The van der Waals surface area contributed by atoms with E-state index >= 15 is 0 Å². The van der Waals surface area contributed by atoms with Crippen molar-refractivity contribution >= 4 is 15.9 Å². The van der Waals surface area contributed by atoms with Gasteiger partial charge in [-0.2, -0.15) is 0 Å². The Bertz CT molecular complexity index is 727. The van der Waals surface area contributed by atoms with Gasteiger partial charge in [0.15, 0.2) is 0 Å². The second kappa shape index (κ2) is 8.08. The number of hydrogen-bond acceptors (Lipinski definition) is 4. The van der Waals surface area contributed by atoms with Gasteiger partial charge >= 0.3 is 0 Å². The molecule has 1 unspecified atom stereocenters. The van der Waals surface area contributed by atoms with Crippen LogP contribution in [-0.2, 0) is 21.4 Å². The molecule has 0 N–H and O–H groups in total. The van der Waals surface area contributed by atoms with Crippen LogP contribution in [0.5, 0.6) is 0 Å². The zero-order valence-electron chi connectivity index (χ0n) is 15.8. The second-order valence-electron chi connectivity index (χ2n) is 7.75. The zero-order chi connectivity index (χ0) is 18.7. The maximum atomic E-state index is 12.5. The molecule has 146 valence electrons. The van der Waals surface area contributed by atoms with Crippen molar-refractivity contribution in [1.82, 2.24) is 18.8 Å². The van der Waals surface area contributed by atoms with E-state index < -0.39 is 10.0 Å². The maximum Gasteiger partial charge on any atom is 0.223 e. The van der Waals surface area contributed by atoms with Crippen LogP contribution in [0.1, 0.15) is 50.3 Å². The Morgan fingerprint density at radius 1 is 1.31 bits per heavy atom. The molecule has 1 amide bonds. The second-order valence-corrected chi connectivity index (χ2v) is 9.84. The van der Waals surface area contributed by atoms with Gasteiger partial charge in [0, 0.05) is 58.0 Å². The molecule has 0 radical (unpaired) electrons. The molecule has 1 saturated carbocycles. The molecule has 1 aliphatic heterocycles. The lowest BCUT2D eigenvalue weighted by atomic mass is 9.85. The first kappa shape index (κ1) is 19.4. The summed E-state index contributed by atoms with van der Waals surface area (Å²) in [4.78, 5) is 19.0. The van der Waals surface area contributed by atoms with Crippen molar-refractivity contribution in [2.45, 2.75) is 51.0 Å². The van der Waals surface area contributed by atoms with Gasteiger partial charge in [0.2, 0.25) is 15.9 Å². The number of nitrogens with zero attached hydrogens (tertiary/aromatic N) is 4. The predicted octanol–water partition coefficient (Wildman–Crippen LogP) is 1.67. The van der Waals surface area contributed by atoms with Gasteiger partial charge in [-0.3, -0.25) is 4.79 Å². The predicted molar refractivity (Wildman–Crippen MR) is 100 cm³/mol. The molecule has 1 aromatic rings. The molecule has 2 aliphatic rings. The summed E-state index contributed by atoms with van der Waals surface area (Å²) in [6.07, 6.45) is 11.3. The Kier molecular flexibility index (Phi) is 6.02. The van der Waals surface area contributed by atoms with Gasteiger partial charge in [0.1, 0.15) is 5.82 Å². The van der Waals surface area contributed by atoms with Crippen LogP contribution in [0, 0.1) is 5.92 Å². The number of rotatable bonds is 7. The SMILES string of the molecule is CN(CCC(=O)N1CCCC(c2nccn2CC2CCC2)C1)S(C)(=O)=O. The van der Waals surface area contributed by atoms with Crippen LogP contribution >= 0.6 is 0 Å². The lowest BCUT2D eigenvalue weighted by Gasteiger charge is -2.34. The van der Waals surface area contributed by atoms with Crippen molar-refractivity contribution in [2.24, 2.45) is 5.92 Å². The Balaban J connectivity index is 1.57. The van der Waals surface area contributed by atoms with Crippen molar-refractivity contribution in [2.75, 3.05) is 32.9 Å². The number of imidazole rings is 1. The number of amides is 1.